The molecule has 168 valence electrons. The van der Waals surface area contributed by atoms with E-state index in [-0.39, 0.29) is 11.6 Å². The maximum absolute atomic E-state index is 12.8. The van der Waals surface area contributed by atoms with E-state index < -0.39 is 11.9 Å². The number of nitrogens with zero attached hydrogens (tertiary/aromatic N) is 2. The van der Waals surface area contributed by atoms with Gasteiger partial charge < -0.3 is 15.8 Å². The van der Waals surface area contributed by atoms with Gasteiger partial charge in [-0.3, -0.25) is 5.32 Å². The molecule has 4 aromatic rings. The molecule has 0 bridgehead atoms. The number of hydrogen-bond donors (Lipinski definition) is 3. The molecule has 2 heterocycles. The van der Waals surface area contributed by atoms with Gasteiger partial charge in [0, 0.05) is 23.6 Å². The van der Waals surface area contributed by atoms with Gasteiger partial charge >= 0.3 is 6.03 Å². The molecule has 7 nitrogen and oxygen atoms in total. The molecule has 2 aromatic heterocycles. The van der Waals surface area contributed by atoms with Crippen molar-refractivity contribution in [3.63, 3.8) is 0 Å². The number of halogens is 2. The van der Waals surface area contributed by atoms with Crippen LogP contribution in [-0.4, -0.2) is 28.6 Å². The number of anilines is 2. The lowest BCUT2D eigenvalue weighted by Gasteiger charge is -2.13. The number of nitrogens with one attached hydrogen (secondary N) is 2. The maximum Gasteiger partial charge on any atom is 0.324 e. The molecule has 4 N–H and O–H groups in total. The minimum Gasteiger partial charge on any atom is -0.329 e. The van der Waals surface area contributed by atoms with E-state index in [1.54, 1.807) is 40.3 Å². The summed E-state index contributed by atoms with van der Waals surface area (Å²) in [5, 5.41) is 14.7. The molecule has 10 heteroatoms. The van der Waals surface area contributed by atoms with E-state index in [0.29, 0.717) is 27.9 Å². The Morgan fingerprint density at radius 1 is 1.15 bits per heavy atom. The van der Waals surface area contributed by atoms with E-state index >= 15 is 0 Å². The third kappa shape index (κ3) is 5.09. The maximum atomic E-state index is 12.8. The Morgan fingerprint density at radius 2 is 1.97 bits per heavy atom. The Labute approximate surface area is 204 Å². The monoisotopic (exact) mass is 499 g/mol. The summed E-state index contributed by atoms with van der Waals surface area (Å²) >= 11 is 13.8. The molecule has 1 unspecified atom stereocenters. The molecule has 0 saturated heterocycles. The van der Waals surface area contributed by atoms with Crippen LogP contribution in [0.3, 0.4) is 0 Å². The molecule has 2 amide bonds. The predicted molar refractivity (Wildman–Crippen MR) is 134 cm³/mol. The van der Waals surface area contributed by atoms with Crippen LogP contribution >= 0.6 is 34.5 Å². The first-order valence-corrected chi connectivity index (χ1v) is 11.6. The molecule has 0 spiro atoms. The van der Waals surface area contributed by atoms with Crippen molar-refractivity contribution >= 4 is 58.4 Å². The van der Waals surface area contributed by atoms with E-state index in [1.165, 1.54) is 0 Å². The standard InChI is InChI=1S/C23H19Cl2N5O2S/c24-18-5-2-6-19(22(18)25)27-23(32)28-21-10-20(15-7-8-33-13-15)29-30(21)17-4-1-3-14(9-17)16(11-26)12-31/h1-10,12-13,16H,11,26H2,(H2,27,28,32). The molecular formula is C23H19Cl2N5O2S. The Balaban J connectivity index is 1.69. The summed E-state index contributed by atoms with van der Waals surface area (Å²) in [6.45, 7) is 0.195. The van der Waals surface area contributed by atoms with Crippen LogP contribution in [0.1, 0.15) is 11.5 Å². The first-order chi connectivity index (χ1) is 16.0. The van der Waals surface area contributed by atoms with Gasteiger partial charge in [-0.2, -0.15) is 16.4 Å². The highest BCUT2D eigenvalue weighted by Gasteiger charge is 2.17. The summed E-state index contributed by atoms with van der Waals surface area (Å²) in [6, 6.07) is 15.5. The van der Waals surface area contributed by atoms with Crippen LogP contribution in [0.4, 0.5) is 16.3 Å². The molecule has 0 aliphatic heterocycles. The predicted octanol–water partition coefficient (Wildman–Crippen LogP) is 5.79. The fraction of sp³-hybridized carbons (Fsp3) is 0.0870. The van der Waals surface area contributed by atoms with Gasteiger partial charge in [0.1, 0.15) is 12.1 Å². The van der Waals surface area contributed by atoms with Gasteiger partial charge in [-0.25, -0.2) is 9.48 Å². The summed E-state index contributed by atoms with van der Waals surface area (Å²) in [7, 11) is 0. The smallest absolute Gasteiger partial charge is 0.324 e. The molecule has 0 aliphatic rings. The van der Waals surface area contributed by atoms with Crippen molar-refractivity contribution in [2.45, 2.75) is 5.92 Å². The van der Waals surface area contributed by atoms with Gasteiger partial charge in [0.25, 0.3) is 0 Å². The average Bonchev–Trinajstić information content (AvgIpc) is 3.48. The van der Waals surface area contributed by atoms with Crippen LogP contribution < -0.4 is 16.4 Å². The number of carbonyl (C=O) groups is 2. The zero-order chi connectivity index (χ0) is 23.4. The number of amides is 2. The summed E-state index contributed by atoms with van der Waals surface area (Å²) in [5.74, 6) is 0.000868. The molecule has 0 saturated carbocycles. The number of thiophene rings is 1. The molecule has 1 atom stereocenters. The van der Waals surface area contributed by atoms with Crippen LogP contribution in [0, 0.1) is 0 Å². The highest BCUT2D eigenvalue weighted by Crippen LogP contribution is 2.30. The van der Waals surface area contributed by atoms with Crippen molar-refractivity contribution in [3.05, 3.63) is 81.0 Å². The van der Waals surface area contributed by atoms with Gasteiger partial charge in [0.15, 0.2) is 0 Å². The van der Waals surface area contributed by atoms with Gasteiger partial charge in [0.2, 0.25) is 0 Å². The second-order valence-corrected chi connectivity index (χ2v) is 8.66. The minimum absolute atomic E-state index is 0.195. The molecule has 33 heavy (non-hydrogen) atoms. The molecule has 2 aromatic carbocycles. The van der Waals surface area contributed by atoms with Gasteiger partial charge in [-0.15, -0.1) is 0 Å². The van der Waals surface area contributed by atoms with Gasteiger partial charge in [-0.1, -0.05) is 41.4 Å². The van der Waals surface area contributed by atoms with Crippen LogP contribution in [0.2, 0.25) is 10.0 Å². The highest BCUT2D eigenvalue weighted by atomic mass is 35.5. The summed E-state index contributed by atoms with van der Waals surface area (Å²) in [6.07, 6.45) is 0.820. The Kier molecular flexibility index (Phi) is 7.10. The van der Waals surface area contributed by atoms with E-state index in [1.807, 2.05) is 41.1 Å². The molecule has 0 fully saturated rings. The number of aromatic nitrogens is 2. The Bertz CT molecular complexity index is 1290. The molecule has 0 aliphatic carbocycles. The zero-order valence-electron chi connectivity index (χ0n) is 17.2. The zero-order valence-corrected chi connectivity index (χ0v) is 19.5. The number of urea groups is 1. The fourth-order valence-corrected chi connectivity index (χ4v) is 4.24. The van der Waals surface area contributed by atoms with Crippen molar-refractivity contribution in [1.29, 1.82) is 0 Å². The van der Waals surface area contributed by atoms with Crippen molar-refractivity contribution in [3.8, 4) is 16.9 Å². The Morgan fingerprint density at radius 3 is 2.70 bits per heavy atom. The van der Waals surface area contributed by atoms with E-state index in [2.05, 4.69) is 15.7 Å². The van der Waals surface area contributed by atoms with Crippen molar-refractivity contribution in [2.24, 2.45) is 5.73 Å². The highest BCUT2D eigenvalue weighted by molar-refractivity contribution is 7.08. The van der Waals surface area contributed by atoms with Gasteiger partial charge in [-0.05, 0) is 41.3 Å². The van der Waals surface area contributed by atoms with E-state index in [4.69, 9.17) is 28.9 Å². The normalized spacial score (nSPS) is 11.7. The number of aldehydes is 1. The van der Waals surface area contributed by atoms with Crippen molar-refractivity contribution < 1.29 is 9.59 Å². The Hall–Kier alpha value is -3.17. The summed E-state index contributed by atoms with van der Waals surface area (Å²) in [4.78, 5) is 24.2. The summed E-state index contributed by atoms with van der Waals surface area (Å²) < 4.78 is 1.61. The third-order valence-corrected chi connectivity index (χ3v) is 6.43. The minimum atomic E-state index is -0.513. The second-order valence-electron chi connectivity index (χ2n) is 7.09. The number of hydrogen-bond acceptors (Lipinski definition) is 5. The van der Waals surface area contributed by atoms with Crippen molar-refractivity contribution in [1.82, 2.24) is 9.78 Å². The number of nitrogens with two attached hydrogens (primary N) is 1. The van der Waals surface area contributed by atoms with Crippen LogP contribution in [0.25, 0.3) is 16.9 Å². The fourth-order valence-electron chi connectivity index (χ4n) is 3.25. The lowest BCUT2D eigenvalue weighted by Crippen LogP contribution is -2.21. The molecular weight excluding hydrogens is 481 g/mol. The quantitative estimate of drug-likeness (QED) is 0.280. The average molecular weight is 500 g/mol. The summed E-state index contributed by atoms with van der Waals surface area (Å²) in [5.41, 5.74) is 9.14. The van der Waals surface area contributed by atoms with E-state index in [9.17, 15) is 9.59 Å². The third-order valence-electron chi connectivity index (χ3n) is 4.93. The lowest BCUT2D eigenvalue weighted by atomic mass is 10.0. The largest absolute Gasteiger partial charge is 0.329 e. The SMILES string of the molecule is NCC(C=O)c1cccc(-n2nc(-c3ccsc3)cc2NC(=O)Nc2cccc(Cl)c2Cl)c1. The van der Waals surface area contributed by atoms with Crippen molar-refractivity contribution in [2.75, 3.05) is 17.2 Å². The second kappa shape index (κ2) is 10.2. The van der Waals surface area contributed by atoms with Crippen LogP contribution in [-0.2, 0) is 4.79 Å². The first kappa shape index (κ1) is 23.0. The molecule has 4 rings (SSSR count). The van der Waals surface area contributed by atoms with Gasteiger partial charge in [0.05, 0.1) is 33.0 Å². The van der Waals surface area contributed by atoms with Crippen LogP contribution in [0.5, 0.6) is 0 Å². The number of benzene rings is 2. The lowest BCUT2D eigenvalue weighted by molar-refractivity contribution is -0.108. The topological polar surface area (TPSA) is 102 Å². The first-order valence-electron chi connectivity index (χ1n) is 9.90. The van der Waals surface area contributed by atoms with Crippen LogP contribution in [0.15, 0.2) is 65.4 Å². The van der Waals surface area contributed by atoms with E-state index in [0.717, 1.165) is 17.4 Å². The number of carbonyl (C=O) groups excluding carboxylic acids is 2. The molecule has 0 radical (unpaired) electrons. The number of rotatable bonds is 7.